The van der Waals surface area contributed by atoms with Crippen molar-refractivity contribution in [2.75, 3.05) is 13.7 Å². The largest absolute Gasteiger partial charge is 0.481 e. The molecule has 1 aromatic rings. The van der Waals surface area contributed by atoms with Gasteiger partial charge in [-0.1, -0.05) is 25.8 Å². The van der Waals surface area contributed by atoms with Crippen LogP contribution in [0, 0.1) is 0 Å². The van der Waals surface area contributed by atoms with Crippen molar-refractivity contribution in [2.24, 2.45) is 0 Å². The summed E-state index contributed by atoms with van der Waals surface area (Å²) in [5, 5.41) is 3.39. The summed E-state index contributed by atoms with van der Waals surface area (Å²) in [6.07, 6.45) is 5.54. The van der Waals surface area contributed by atoms with Gasteiger partial charge in [-0.25, -0.2) is 4.98 Å². The molecule has 0 aliphatic carbocycles. The number of hydrogen-bond acceptors (Lipinski definition) is 3. The first-order valence-corrected chi connectivity index (χ1v) is 5.57. The van der Waals surface area contributed by atoms with Crippen molar-refractivity contribution in [3.05, 3.63) is 23.9 Å². The van der Waals surface area contributed by atoms with Crippen LogP contribution in [0.2, 0.25) is 0 Å². The molecule has 3 heteroatoms. The van der Waals surface area contributed by atoms with Crippen molar-refractivity contribution >= 4 is 0 Å². The quantitative estimate of drug-likeness (QED) is 0.698. The smallest absolute Gasteiger partial charge is 0.217 e. The second kappa shape index (κ2) is 7.23. The molecule has 0 amide bonds. The highest BCUT2D eigenvalue weighted by Crippen LogP contribution is 2.12. The summed E-state index contributed by atoms with van der Waals surface area (Å²) in [6, 6.07) is 3.98. The van der Waals surface area contributed by atoms with Gasteiger partial charge in [0.05, 0.1) is 7.11 Å². The maximum absolute atomic E-state index is 5.17. The Hall–Kier alpha value is -1.09. The summed E-state index contributed by atoms with van der Waals surface area (Å²) in [7, 11) is 1.66. The number of rotatable bonds is 7. The van der Waals surface area contributed by atoms with E-state index in [9.17, 15) is 0 Å². The van der Waals surface area contributed by atoms with Crippen molar-refractivity contribution in [1.82, 2.24) is 10.3 Å². The highest BCUT2D eigenvalue weighted by Gasteiger charge is 2.01. The van der Waals surface area contributed by atoms with Crippen LogP contribution in [0.5, 0.6) is 5.88 Å². The standard InChI is InChI=1S/C12H20N2O/c1-3-4-5-8-13-10-11-7-6-9-14-12(11)15-2/h6-7,9,13H,3-5,8,10H2,1-2H3. The van der Waals surface area contributed by atoms with Gasteiger partial charge >= 0.3 is 0 Å². The number of methoxy groups -OCH3 is 1. The highest BCUT2D eigenvalue weighted by molar-refractivity contribution is 5.24. The van der Waals surface area contributed by atoms with E-state index in [0.717, 1.165) is 24.5 Å². The number of aromatic nitrogens is 1. The van der Waals surface area contributed by atoms with Crippen LogP contribution in [-0.4, -0.2) is 18.6 Å². The maximum Gasteiger partial charge on any atom is 0.217 e. The number of nitrogens with zero attached hydrogens (tertiary/aromatic N) is 1. The van der Waals surface area contributed by atoms with Gasteiger partial charge in [0.1, 0.15) is 0 Å². The van der Waals surface area contributed by atoms with Gasteiger partial charge in [0, 0.05) is 18.3 Å². The van der Waals surface area contributed by atoms with Crippen LogP contribution in [0.15, 0.2) is 18.3 Å². The molecular weight excluding hydrogens is 188 g/mol. The molecule has 15 heavy (non-hydrogen) atoms. The third-order valence-electron chi connectivity index (χ3n) is 2.32. The highest BCUT2D eigenvalue weighted by atomic mass is 16.5. The third kappa shape index (κ3) is 4.30. The van der Waals surface area contributed by atoms with Gasteiger partial charge in [0.2, 0.25) is 5.88 Å². The van der Waals surface area contributed by atoms with Crippen molar-refractivity contribution in [1.29, 1.82) is 0 Å². The van der Waals surface area contributed by atoms with E-state index in [1.807, 2.05) is 12.1 Å². The van der Waals surface area contributed by atoms with Crippen LogP contribution >= 0.6 is 0 Å². The number of nitrogens with one attached hydrogen (secondary N) is 1. The molecule has 0 aliphatic heterocycles. The van der Waals surface area contributed by atoms with E-state index < -0.39 is 0 Å². The molecule has 0 fully saturated rings. The molecule has 3 nitrogen and oxygen atoms in total. The van der Waals surface area contributed by atoms with Gasteiger partial charge in [-0.05, 0) is 19.0 Å². The zero-order valence-electron chi connectivity index (χ0n) is 9.62. The van der Waals surface area contributed by atoms with Crippen molar-refractivity contribution < 1.29 is 4.74 Å². The van der Waals surface area contributed by atoms with Gasteiger partial charge in [0.15, 0.2) is 0 Å². The Balaban J connectivity index is 2.30. The van der Waals surface area contributed by atoms with Crippen LogP contribution in [0.4, 0.5) is 0 Å². The normalized spacial score (nSPS) is 10.3. The Morgan fingerprint density at radius 1 is 1.40 bits per heavy atom. The number of ether oxygens (including phenoxy) is 1. The topological polar surface area (TPSA) is 34.2 Å². The molecule has 1 heterocycles. The van der Waals surface area contributed by atoms with Crippen LogP contribution in [0.3, 0.4) is 0 Å². The lowest BCUT2D eigenvalue weighted by atomic mass is 10.2. The fourth-order valence-corrected chi connectivity index (χ4v) is 1.47. The van der Waals surface area contributed by atoms with Crippen molar-refractivity contribution in [3.8, 4) is 5.88 Å². The van der Waals surface area contributed by atoms with E-state index >= 15 is 0 Å². The molecule has 0 saturated carbocycles. The Morgan fingerprint density at radius 2 is 2.27 bits per heavy atom. The van der Waals surface area contributed by atoms with Gasteiger partial charge in [-0.2, -0.15) is 0 Å². The monoisotopic (exact) mass is 208 g/mol. The van der Waals surface area contributed by atoms with Crippen LogP contribution < -0.4 is 10.1 Å². The molecule has 0 radical (unpaired) electrons. The summed E-state index contributed by atoms with van der Waals surface area (Å²) in [6.45, 7) is 4.11. The Morgan fingerprint density at radius 3 is 3.00 bits per heavy atom. The van der Waals surface area contributed by atoms with Crippen LogP contribution in [0.1, 0.15) is 31.7 Å². The molecule has 0 atom stereocenters. The number of unbranched alkanes of at least 4 members (excludes halogenated alkanes) is 2. The fourth-order valence-electron chi connectivity index (χ4n) is 1.47. The van der Waals surface area contributed by atoms with Gasteiger partial charge in [-0.3, -0.25) is 0 Å². The Kier molecular flexibility index (Phi) is 5.78. The number of pyridine rings is 1. The molecular formula is C12H20N2O. The second-order valence-electron chi connectivity index (χ2n) is 3.56. The predicted molar refractivity (Wildman–Crippen MR) is 62.0 cm³/mol. The summed E-state index contributed by atoms with van der Waals surface area (Å²) in [5.41, 5.74) is 1.12. The average Bonchev–Trinajstić information content (AvgIpc) is 2.29. The SMILES string of the molecule is CCCCCNCc1cccnc1OC. The van der Waals surface area contributed by atoms with Crippen molar-refractivity contribution in [3.63, 3.8) is 0 Å². The van der Waals surface area contributed by atoms with Crippen LogP contribution in [0.25, 0.3) is 0 Å². The second-order valence-corrected chi connectivity index (χ2v) is 3.56. The summed E-state index contributed by atoms with van der Waals surface area (Å²) in [4.78, 5) is 4.15. The van der Waals surface area contributed by atoms with E-state index in [4.69, 9.17) is 4.74 Å². The van der Waals surface area contributed by atoms with Gasteiger partial charge in [-0.15, -0.1) is 0 Å². The van der Waals surface area contributed by atoms with E-state index in [2.05, 4.69) is 17.2 Å². The predicted octanol–water partition coefficient (Wildman–Crippen LogP) is 2.37. The Labute approximate surface area is 91.9 Å². The van der Waals surface area contributed by atoms with E-state index in [-0.39, 0.29) is 0 Å². The zero-order valence-corrected chi connectivity index (χ0v) is 9.62. The molecule has 0 saturated heterocycles. The molecule has 1 N–H and O–H groups in total. The summed E-state index contributed by atoms with van der Waals surface area (Å²) < 4.78 is 5.17. The summed E-state index contributed by atoms with van der Waals surface area (Å²) >= 11 is 0. The lowest BCUT2D eigenvalue weighted by molar-refractivity contribution is 0.390. The van der Waals surface area contributed by atoms with E-state index in [0.29, 0.717) is 0 Å². The minimum atomic E-state index is 0.723. The molecule has 84 valence electrons. The minimum Gasteiger partial charge on any atom is -0.481 e. The first kappa shape index (κ1) is 12.0. The van der Waals surface area contributed by atoms with Gasteiger partial charge in [0.25, 0.3) is 0 Å². The molecule has 0 aliphatic rings. The first-order chi connectivity index (χ1) is 7.38. The zero-order chi connectivity index (χ0) is 10.9. The van der Waals surface area contributed by atoms with Gasteiger partial charge < -0.3 is 10.1 Å². The molecule has 0 bridgehead atoms. The fraction of sp³-hybridized carbons (Fsp3) is 0.583. The lowest BCUT2D eigenvalue weighted by Crippen LogP contribution is -2.15. The molecule has 0 spiro atoms. The first-order valence-electron chi connectivity index (χ1n) is 5.57. The Bertz CT molecular complexity index is 276. The van der Waals surface area contributed by atoms with E-state index in [1.54, 1.807) is 13.3 Å². The van der Waals surface area contributed by atoms with Crippen LogP contribution in [-0.2, 0) is 6.54 Å². The number of hydrogen-bond donors (Lipinski definition) is 1. The maximum atomic E-state index is 5.17. The average molecular weight is 208 g/mol. The molecule has 0 unspecified atom stereocenters. The summed E-state index contributed by atoms with van der Waals surface area (Å²) in [5.74, 6) is 0.723. The molecule has 1 aromatic heterocycles. The van der Waals surface area contributed by atoms with Crippen molar-refractivity contribution in [2.45, 2.75) is 32.7 Å². The van der Waals surface area contributed by atoms with E-state index in [1.165, 1.54) is 19.3 Å². The third-order valence-corrected chi connectivity index (χ3v) is 2.32. The molecule has 1 rings (SSSR count). The lowest BCUT2D eigenvalue weighted by Gasteiger charge is -2.07. The molecule has 0 aromatic carbocycles. The minimum absolute atomic E-state index is 0.723.